The number of nitrogens with zero attached hydrogens (tertiary/aromatic N) is 1. The first-order chi connectivity index (χ1) is 14.5. The fourth-order valence-corrected chi connectivity index (χ4v) is 5.72. The Morgan fingerprint density at radius 2 is 1.80 bits per heavy atom. The van der Waals surface area contributed by atoms with Gasteiger partial charge < -0.3 is 10.6 Å². The molecule has 0 fully saturated rings. The Balaban J connectivity index is 2.11. The molecule has 0 amide bonds. The van der Waals surface area contributed by atoms with E-state index in [9.17, 15) is 0 Å². The van der Waals surface area contributed by atoms with Gasteiger partial charge in [0.15, 0.2) is 0 Å². The van der Waals surface area contributed by atoms with Gasteiger partial charge in [0.2, 0.25) is 0 Å². The van der Waals surface area contributed by atoms with Gasteiger partial charge >= 0.3 is 0 Å². The van der Waals surface area contributed by atoms with Crippen LogP contribution in [-0.4, -0.2) is 24.5 Å². The summed E-state index contributed by atoms with van der Waals surface area (Å²) >= 11 is 6.47. The summed E-state index contributed by atoms with van der Waals surface area (Å²) in [5.74, 6) is 0. The molecule has 0 spiro atoms. The lowest BCUT2D eigenvalue weighted by Crippen LogP contribution is -2.24. The minimum absolute atomic E-state index is 0.893. The molecular formula is C26H34N2S2. The Hall–Kier alpha value is -1.75. The SMILES string of the molecule is C=C(CCC)c1c(N)sc2c(CCCN(CC)CC)c(-c3ccccc3S)ccc12. The summed E-state index contributed by atoms with van der Waals surface area (Å²) in [6.07, 6.45) is 4.22. The summed E-state index contributed by atoms with van der Waals surface area (Å²) in [5.41, 5.74) is 12.7. The molecule has 2 aromatic carbocycles. The van der Waals surface area contributed by atoms with E-state index in [1.165, 1.54) is 26.8 Å². The van der Waals surface area contributed by atoms with Gasteiger partial charge in [0.25, 0.3) is 0 Å². The van der Waals surface area contributed by atoms with E-state index in [1.54, 1.807) is 11.3 Å². The summed E-state index contributed by atoms with van der Waals surface area (Å²) in [6.45, 7) is 14.3. The summed E-state index contributed by atoms with van der Waals surface area (Å²) in [6, 6.07) is 12.9. The van der Waals surface area contributed by atoms with Gasteiger partial charge in [-0.3, -0.25) is 0 Å². The van der Waals surface area contributed by atoms with E-state index in [-0.39, 0.29) is 0 Å². The number of hydrogen-bond donors (Lipinski definition) is 2. The molecular weight excluding hydrogens is 404 g/mol. The second-order valence-corrected chi connectivity index (χ2v) is 9.34. The molecule has 2 nitrogen and oxygen atoms in total. The van der Waals surface area contributed by atoms with Crippen LogP contribution in [0.2, 0.25) is 0 Å². The van der Waals surface area contributed by atoms with Crippen molar-refractivity contribution in [2.24, 2.45) is 0 Å². The quantitative estimate of drug-likeness (QED) is 0.320. The van der Waals surface area contributed by atoms with Crippen molar-refractivity contribution in [3.8, 4) is 11.1 Å². The van der Waals surface area contributed by atoms with E-state index in [1.807, 2.05) is 6.07 Å². The van der Waals surface area contributed by atoms with Crippen molar-refractivity contribution in [1.82, 2.24) is 4.90 Å². The van der Waals surface area contributed by atoms with Gasteiger partial charge in [-0.25, -0.2) is 0 Å². The van der Waals surface area contributed by atoms with Crippen molar-refractivity contribution in [1.29, 1.82) is 0 Å². The zero-order valence-electron chi connectivity index (χ0n) is 18.5. The Labute approximate surface area is 191 Å². The third kappa shape index (κ3) is 4.77. The normalized spacial score (nSPS) is 11.5. The molecule has 0 aliphatic rings. The van der Waals surface area contributed by atoms with E-state index in [0.717, 1.165) is 66.4 Å². The summed E-state index contributed by atoms with van der Waals surface area (Å²) < 4.78 is 1.31. The van der Waals surface area contributed by atoms with Crippen LogP contribution < -0.4 is 5.73 Å². The maximum atomic E-state index is 6.53. The highest BCUT2D eigenvalue weighted by Gasteiger charge is 2.19. The molecule has 0 saturated heterocycles. The van der Waals surface area contributed by atoms with Crippen molar-refractivity contribution in [3.63, 3.8) is 0 Å². The molecule has 30 heavy (non-hydrogen) atoms. The van der Waals surface area contributed by atoms with Crippen LogP contribution >= 0.6 is 24.0 Å². The van der Waals surface area contributed by atoms with Crippen molar-refractivity contribution >= 4 is 44.6 Å². The van der Waals surface area contributed by atoms with E-state index in [0.29, 0.717) is 0 Å². The van der Waals surface area contributed by atoms with Gasteiger partial charge in [-0.05, 0) is 67.2 Å². The van der Waals surface area contributed by atoms with Crippen molar-refractivity contribution < 1.29 is 0 Å². The molecule has 0 bridgehead atoms. The number of thiophene rings is 1. The Kier molecular flexibility index (Phi) is 8.04. The van der Waals surface area contributed by atoms with Gasteiger partial charge in [0.1, 0.15) is 0 Å². The molecule has 0 atom stereocenters. The summed E-state index contributed by atoms with van der Waals surface area (Å²) in [5, 5.41) is 2.15. The molecule has 1 heterocycles. The maximum absolute atomic E-state index is 6.53. The van der Waals surface area contributed by atoms with Gasteiger partial charge in [-0.2, -0.15) is 0 Å². The van der Waals surface area contributed by atoms with Crippen LogP contribution in [0.5, 0.6) is 0 Å². The van der Waals surface area contributed by atoms with Gasteiger partial charge in [0, 0.05) is 20.5 Å². The molecule has 0 aliphatic heterocycles. The molecule has 0 unspecified atom stereocenters. The third-order valence-corrected chi connectivity index (χ3v) is 7.37. The first kappa shape index (κ1) is 22.9. The second kappa shape index (κ2) is 10.5. The predicted molar refractivity (Wildman–Crippen MR) is 139 cm³/mol. The number of nitrogen functional groups attached to an aromatic ring is 1. The summed E-state index contributed by atoms with van der Waals surface area (Å²) in [7, 11) is 0. The number of rotatable bonds is 10. The molecule has 2 N–H and O–H groups in total. The summed E-state index contributed by atoms with van der Waals surface area (Å²) in [4.78, 5) is 3.51. The van der Waals surface area contributed by atoms with Gasteiger partial charge in [-0.1, -0.05) is 64.1 Å². The molecule has 3 aromatic rings. The number of fused-ring (bicyclic) bond motifs is 1. The highest BCUT2D eigenvalue weighted by atomic mass is 32.1. The number of allylic oxidation sites excluding steroid dienone is 1. The fraction of sp³-hybridized carbons (Fsp3) is 0.385. The number of anilines is 1. The number of benzene rings is 2. The molecule has 4 heteroatoms. The minimum atomic E-state index is 0.893. The Morgan fingerprint density at radius 1 is 1.07 bits per heavy atom. The first-order valence-electron chi connectivity index (χ1n) is 11.0. The zero-order valence-corrected chi connectivity index (χ0v) is 20.2. The topological polar surface area (TPSA) is 29.3 Å². The van der Waals surface area contributed by atoms with E-state index in [4.69, 9.17) is 18.4 Å². The lowest BCUT2D eigenvalue weighted by Gasteiger charge is -2.19. The second-order valence-electron chi connectivity index (χ2n) is 7.81. The smallest absolute Gasteiger partial charge is 0.0945 e. The molecule has 160 valence electrons. The van der Waals surface area contributed by atoms with E-state index in [2.05, 4.69) is 62.6 Å². The van der Waals surface area contributed by atoms with E-state index >= 15 is 0 Å². The highest BCUT2D eigenvalue weighted by molar-refractivity contribution is 7.80. The van der Waals surface area contributed by atoms with Crippen LogP contribution in [0.25, 0.3) is 26.8 Å². The molecule has 0 aliphatic carbocycles. The van der Waals surface area contributed by atoms with Crippen molar-refractivity contribution in [3.05, 3.63) is 54.1 Å². The largest absolute Gasteiger partial charge is 0.390 e. The number of thiol groups is 1. The molecule has 0 saturated carbocycles. The third-order valence-electron chi connectivity index (χ3n) is 5.88. The fourth-order valence-electron chi connectivity index (χ4n) is 4.25. The molecule has 0 radical (unpaired) electrons. The average molecular weight is 439 g/mol. The maximum Gasteiger partial charge on any atom is 0.0945 e. The number of aryl methyl sites for hydroxylation is 1. The zero-order chi connectivity index (χ0) is 21.7. The lowest BCUT2D eigenvalue weighted by atomic mass is 9.92. The first-order valence-corrected chi connectivity index (χ1v) is 12.3. The van der Waals surface area contributed by atoms with Crippen LogP contribution in [0.15, 0.2) is 47.9 Å². The van der Waals surface area contributed by atoms with Crippen LogP contribution in [0, 0.1) is 0 Å². The average Bonchev–Trinajstić information content (AvgIpc) is 3.08. The minimum Gasteiger partial charge on any atom is -0.390 e. The van der Waals surface area contributed by atoms with E-state index < -0.39 is 0 Å². The highest BCUT2D eigenvalue weighted by Crippen LogP contribution is 2.44. The lowest BCUT2D eigenvalue weighted by molar-refractivity contribution is 0.300. The van der Waals surface area contributed by atoms with Crippen LogP contribution in [0.1, 0.15) is 51.2 Å². The van der Waals surface area contributed by atoms with Crippen molar-refractivity contribution in [2.45, 2.75) is 51.3 Å². The molecule has 3 rings (SSSR count). The standard InChI is InChI=1S/C26H34N2S2/c1-5-11-18(4)24-22-16-15-19(20-12-8-9-14-23(20)29)21(25(22)30-26(24)27)13-10-17-28(6-2)7-3/h8-9,12,14-16,29H,4-7,10-11,13,17,27H2,1-3H3. The molecule has 1 aromatic heterocycles. The van der Waals surface area contributed by atoms with Crippen LogP contribution in [0.4, 0.5) is 5.00 Å². The van der Waals surface area contributed by atoms with Crippen LogP contribution in [0.3, 0.4) is 0 Å². The van der Waals surface area contributed by atoms with Crippen LogP contribution in [-0.2, 0) is 6.42 Å². The van der Waals surface area contributed by atoms with Gasteiger partial charge in [-0.15, -0.1) is 24.0 Å². The van der Waals surface area contributed by atoms with Gasteiger partial charge in [0.05, 0.1) is 5.00 Å². The Bertz CT molecular complexity index is 1020. The number of hydrogen-bond acceptors (Lipinski definition) is 4. The monoisotopic (exact) mass is 438 g/mol. The predicted octanol–water partition coefficient (Wildman–Crippen LogP) is 7.53. The Morgan fingerprint density at radius 3 is 2.47 bits per heavy atom. The van der Waals surface area contributed by atoms with Crippen molar-refractivity contribution in [2.75, 3.05) is 25.4 Å². The number of nitrogens with two attached hydrogens (primary N) is 1.